The van der Waals surface area contributed by atoms with Crippen molar-refractivity contribution in [3.8, 4) is 5.75 Å². The second-order valence-corrected chi connectivity index (χ2v) is 5.03. The van der Waals surface area contributed by atoms with Gasteiger partial charge >= 0.3 is 0 Å². The van der Waals surface area contributed by atoms with Crippen molar-refractivity contribution in [1.29, 1.82) is 0 Å². The van der Waals surface area contributed by atoms with Crippen LogP contribution in [-0.4, -0.2) is 17.9 Å². The summed E-state index contributed by atoms with van der Waals surface area (Å²) in [6.45, 7) is 1.62. The van der Waals surface area contributed by atoms with Gasteiger partial charge in [0.25, 0.3) is 5.91 Å². The standard InChI is InChI=1S/C16H15ClN2O3/c1-10(16(21)19-14-5-3-2-4-13(14)17)22-12-8-6-11(7-9-12)15(18)20/h2-10H,1H3,(H2,18,20)(H,19,21)/t10-/m0/s1. The molecule has 6 heteroatoms. The number of halogens is 1. The zero-order valence-electron chi connectivity index (χ0n) is 11.9. The molecule has 0 saturated heterocycles. The summed E-state index contributed by atoms with van der Waals surface area (Å²) in [4.78, 5) is 23.1. The van der Waals surface area contributed by atoms with Gasteiger partial charge in [0, 0.05) is 5.56 Å². The number of carbonyl (C=O) groups excluding carboxylic acids is 2. The molecule has 0 radical (unpaired) electrons. The Labute approximate surface area is 133 Å². The van der Waals surface area contributed by atoms with Gasteiger partial charge in [-0.05, 0) is 43.3 Å². The predicted octanol–water partition coefficient (Wildman–Crippen LogP) is 2.84. The van der Waals surface area contributed by atoms with Crippen molar-refractivity contribution in [1.82, 2.24) is 0 Å². The molecule has 0 unspecified atom stereocenters. The highest BCUT2D eigenvalue weighted by atomic mass is 35.5. The lowest BCUT2D eigenvalue weighted by molar-refractivity contribution is -0.122. The molecule has 3 N–H and O–H groups in total. The van der Waals surface area contributed by atoms with Crippen LogP contribution in [0.1, 0.15) is 17.3 Å². The van der Waals surface area contributed by atoms with Gasteiger partial charge in [0.15, 0.2) is 6.10 Å². The van der Waals surface area contributed by atoms with Gasteiger partial charge in [-0.3, -0.25) is 9.59 Å². The van der Waals surface area contributed by atoms with Crippen molar-refractivity contribution >= 4 is 29.1 Å². The number of hydrogen-bond donors (Lipinski definition) is 2. The van der Waals surface area contributed by atoms with Crippen molar-refractivity contribution in [2.45, 2.75) is 13.0 Å². The quantitative estimate of drug-likeness (QED) is 0.889. The number of amides is 2. The number of primary amides is 1. The van der Waals surface area contributed by atoms with E-state index in [1.807, 2.05) is 0 Å². The Hall–Kier alpha value is -2.53. The molecule has 0 aliphatic heterocycles. The van der Waals surface area contributed by atoms with Gasteiger partial charge in [-0.1, -0.05) is 23.7 Å². The Morgan fingerprint density at radius 1 is 1.14 bits per heavy atom. The summed E-state index contributed by atoms with van der Waals surface area (Å²) >= 11 is 5.98. The molecule has 2 rings (SSSR count). The summed E-state index contributed by atoms with van der Waals surface area (Å²) in [6.07, 6.45) is -0.726. The SMILES string of the molecule is C[C@H](Oc1ccc(C(N)=O)cc1)C(=O)Nc1ccccc1Cl. The number of nitrogens with one attached hydrogen (secondary N) is 1. The Bertz CT molecular complexity index is 686. The number of para-hydroxylation sites is 1. The molecule has 0 spiro atoms. The lowest BCUT2D eigenvalue weighted by Gasteiger charge is -2.15. The van der Waals surface area contributed by atoms with Crippen LogP contribution in [0, 0.1) is 0 Å². The molecule has 0 bridgehead atoms. The van der Waals surface area contributed by atoms with Crippen LogP contribution in [0.5, 0.6) is 5.75 Å². The van der Waals surface area contributed by atoms with E-state index in [-0.39, 0.29) is 5.91 Å². The Kier molecular flexibility index (Phi) is 5.01. The van der Waals surface area contributed by atoms with E-state index in [4.69, 9.17) is 22.1 Å². The van der Waals surface area contributed by atoms with Crippen LogP contribution >= 0.6 is 11.6 Å². The minimum absolute atomic E-state index is 0.327. The van der Waals surface area contributed by atoms with E-state index >= 15 is 0 Å². The zero-order valence-corrected chi connectivity index (χ0v) is 12.6. The van der Waals surface area contributed by atoms with E-state index in [0.29, 0.717) is 22.0 Å². The molecule has 2 aromatic rings. The third-order valence-electron chi connectivity index (χ3n) is 2.95. The van der Waals surface area contributed by atoms with Gasteiger partial charge in [0.05, 0.1) is 10.7 Å². The lowest BCUT2D eigenvalue weighted by atomic mass is 10.2. The molecule has 0 fully saturated rings. The number of benzene rings is 2. The van der Waals surface area contributed by atoms with Crippen LogP contribution in [0.25, 0.3) is 0 Å². The summed E-state index contributed by atoms with van der Waals surface area (Å²) in [5.41, 5.74) is 6.05. The fraction of sp³-hybridized carbons (Fsp3) is 0.125. The first kappa shape index (κ1) is 15.9. The zero-order chi connectivity index (χ0) is 16.1. The molecule has 0 saturated carbocycles. The van der Waals surface area contributed by atoms with Gasteiger partial charge < -0.3 is 15.8 Å². The van der Waals surface area contributed by atoms with Crippen LogP contribution in [0.4, 0.5) is 5.69 Å². The summed E-state index contributed by atoms with van der Waals surface area (Å²) in [7, 11) is 0. The minimum atomic E-state index is -0.726. The fourth-order valence-corrected chi connectivity index (χ4v) is 1.94. The summed E-state index contributed by atoms with van der Waals surface area (Å²) < 4.78 is 5.52. The van der Waals surface area contributed by atoms with E-state index in [0.717, 1.165) is 0 Å². The van der Waals surface area contributed by atoms with Crippen LogP contribution in [0.3, 0.4) is 0 Å². The molecule has 2 aromatic carbocycles. The van der Waals surface area contributed by atoms with Gasteiger partial charge in [0.1, 0.15) is 5.75 Å². The first-order valence-corrected chi connectivity index (χ1v) is 6.97. The molecular weight excluding hydrogens is 304 g/mol. The third kappa shape index (κ3) is 3.99. The number of rotatable bonds is 5. The van der Waals surface area contributed by atoms with Crippen molar-refractivity contribution < 1.29 is 14.3 Å². The molecule has 0 aliphatic carbocycles. The largest absolute Gasteiger partial charge is 0.481 e. The highest BCUT2D eigenvalue weighted by Crippen LogP contribution is 2.21. The van der Waals surface area contributed by atoms with Crippen molar-refractivity contribution in [3.05, 3.63) is 59.1 Å². The first-order chi connectivity index (χ1) is 10.5. The third-order valence-corrected chi connectivity index (χ3v) is 3.28. The van der Waals surface area contributed by atoms with E-state index in [1.165, 1.54) is 12.1 Å². The second-order valence-electron chi connectivity index (χ2n) is 4.62. The van der Waals surface area contributed by atoms with Crippen molar-refractivity contribution in [3.63, 3.8) is 0 Å². The summed E-state index contributed by atoms with van der Waals surface area (Å²) in [5.74, 6) is -0.380. The van der Waals surface area contributed by atoms with Crippen LogP contribution in [0.2, 0.25) is 5.02 Å². The highest BCUT2D eigenvalue weighted by Gasteiger charge is 2.16. The minimum Gasteiger partial charge on any atom is -0.481 e. The number of nitrogens with two attached hydrogens (primary N) is 1. The van der Waals surface area contributed by atoms with Gasteiger partial charge in [-0.15, -0.1) is 0 Å². The molecule has 0 aromatic heterocycles. The maximum Gasteiger partial charge on any atom is 0.265 e. The normalized spacial score (nSPS) is 11.5. The summed E-state index contributed by atoms with van der Waals surface area (Å²) in [5, 5.41) is 3.14. The number of anilines is 1. The second kappa shape index (κ2) is 6.95. The van der Waals surface area contributed by atoms with E-state index in [1.54, 1.807) is 43.3 Å². The Morgan fingerprint density at radius 2 is 1.77 bits per heavy atom. The Balaban J connectivity index is 1.99. The van der Waals surface area contributed by atoms with E-state index in [2.05, 4.69) is 5.32 Å². The molecule has 5 nitrogen and oxygen atoms in total. The smallest absolute Gasteiger partial charge is 0.265 e. The van der Waals surface area contributed by atoms with Gasteiger partial charge in [0.2, 0.25) is 5.91 Å². The molecule has 114 valence electrons. The maximum absolute atomic E-state index is 12.1. The molecule has 22 heavy (non-hydrogen) atoms. The van der Waals surface area contributed by atoms with Crippen LogP contribution in [-0.2, 0) is 4.79 Å². The number of carbonyl (C=O) groups is 2. The molecular formula is C16H15ClN2O3. The molecule has 2 amide bonds. The fourth-order valence-electron chi connectivity index (χ4n) is 1.75. The van der Waals surface area contributed by atoms with Gasteiger partial charge in [-0.2, -0.15) is 0 Å². The van der Waals surface area contributed by atoms with E-state index in [9.17, 15) is 9.59 Å². The first-order valence-electron chi connectivity index (χ1n) is 6.59. The number of hydrogen-bond acceptors (Lipinski definition) is 3. The Morgan fingerprint density at radius 3 is 2.36 bits per heavy atom. The number of ether oxygens (including phenoxy) is 1. The molecule has 1 atom stereocenters. The van der Waals surface area contributed by atoms with Crippen LogP contribution < -0.4 is 15.8 Å². The van der Waals surface area contributed by atoms with Crippen molar-refractivity contribution in [2.24, 2.45) is 5.73 Å². The molecule has 0 heterocycles. The van der Waals surface area contributed by atoms with Crippen LogP contribution in [0.15, 0.2) is 48.5 Å². The summed E-state index contributed by atoms with van der Waals surface area (Å²) in [6, 6.07) is 13.2. The van der Waals surface area contributed by atoms with Crippen molar-refractivity contribution in [2.75, 3.05) is 5.32 Å². The highest BCUT2D eigenvalue weighted by molar-refractivity contribution is 6.33. The predicted molar refractivity (Wildman–Crippen MR) is 85.1 cm³/mol. The average Bonchev–Trinajstić information content (AvgIpc) is 2.50. The maximum atomic E-state index is 12.1. The van der Waals surface area contributed by atoms with E-state index < -0.39 is 12.0 Å². The lowest BCUT2D eigenvalue weighted by Crippen LogP contribution is -2.30. The average molecular weight is 319 g/mol. The van der Waals surface area contributed by atoms with Gasteiger partial charge in [-0.25, -0.2) is 0 Å². The monoisotopic (exact) mass is 318 g/mol. The molecule has 0 aliphatic rings. The topological polar surface area (TPSA) is 81.4 Å².